The molecule has 0 aromatic carbocycles. The zero-order chi connectivity index (χ0) is 23.9. The number of carbonyl (C=O) groups excluding carboxylic acids is 3. The standard InChI is InChI=1S/C24H30ClFO6/c1-12-9-16-14-5-6-15-20(26)17(28)7-8-21(15,3)23(14,25)18(29)10-22(16,4)24(12,31)19(30)11-32-13(2)27/h7-8,12,14,16,18,29,31H,5-6,9-11H2,1-4H3/t12?,14-,16-,18?,21-,22-,23-,24-/m0/s1. The second-order valence-electron chi connectivity index (χ2n) is 10.5. The summed E-state index contributed by atoms with van der Waals surface area (Å²) >= 11 is 7.26. The van der Waals surface area contributed by atoms with E-state index < -0.39 is 63.3 Å². The van der Waals surface area contributed by atoms with Gasteiger partial charge in [0.15, 0.2) is 12.4 Å². The Bertz CT molecular complexity index is 960. The van der Waals surface area contributed by atoms with Gasteiger partial charge in [-0.05, 0) is 55.1 Å². The van der Waals surface area contributed by atoms with Crippen molar-refractivity contribution < 1.29 is 33.7 Å². The fraction of sp³-hybridized carbons (Fsp3) is 0.708. The molecule has 0 bridgehead atoms. The first-order chi connectivity index (χ1) is 14.7. The number of ketones is 2. The van der Waals surface area contributed by atoms with E-state index in [1.165, 1.54) is 13.0 Å². The minimum absolute atomic E-state index is 0.0244. The largest absolute Gasteiger partial charge is 0.458 e. The van der Waals surface area contributed by atoms with E-state index in [2.05, 4.69) is 0 Å². The van der Waals surface area contributed by atoms with Crippen LogP contribution in [0.15, 0.2) is 23.6 Å². The van der Waals surface area contributed by atoms with Crippen LogP contribution in [0.1, 0.15) is 53.4 Å². The summed E-state index contributed by atoms with van der Waals surface area (Å²) < 4.78 is 19.7. The Labute approximate surface area is 191 Å². The van der Waals surface area contributed by atoms with Crippen LogP contribution in [0.25, 0.3) is 0 Å². The summed E-state index contributed by atoms with van der Waals surface area (Å²) in [7, 11) is 0. The van der Waals surface area contributed by atoms with Gasteiger partial charge < -0.3 is 14.9 Å². The average Bonchev–Trinajstić information content (AvgIpc) is 2.92. The highest BCUT2D eigenvalue weighted by Gasteiger charge is 2.74. The highest BCUT2D eigenvalue weighted by molar-refractivity contribution is 6.26. The van der Waals surface area contributed by atoms with Gasteiger partial charge in [-0.15, -0.1) is 11.6 Å². The number of allylic oxidation sites excluding steroid dienone is 4. The molecular formula is C24H30ClFO6. The van der Waals surface area contributed by atoms with E-state index in [1.807, 2.05) is 0 Å². The van der Waals surface area contributed by atoms with E-state index >= 15 is 0 Å². The minimum Gasteiger partial charge on any atom is -0.458 e. The monoisotopic (exact) mass is 468 g/mol. The first-order valence-electron chi connectivity index (χ1n) is 11.1. The molecule has 4 aliphatic rings. The van der Waals surface area contributed by atoms with Gasteiger partial charge in [0.05, 0.1) is 11.0 Å². The number of rotatable bonds is 3. The zero-order valence-corrected chi connectivity index (χ0v) is 19.5. The Hall–Kier alpha value is -1.57. The molecule has 0 aromatic rings. The third-order valence-corrected chi connectivity index (χ3v) is 10.1. The molecule has 0 saturated heterocycles. The molecule has 3 fully saturated rings. The first-order valence-corrected chi connectivity index (χ1v) is 11.5. The van der Waals surface area contributed by atoms with Gasteiger partial charge in [-0.1, -0.05) is 26.8 Å². The molecular weight excluding hydrogens is 439 g/mol. The average molecular weight is 469 g/mol. The van der Waals surface area contributed by atoms with Crippen LogP contribution in [-0.4, -0.2) is 50.9 Å². The molecule has 6 nitrogen and oxygen atoms in total. The normalized spacial score (nSPS) is 47.6. The van der Waals surface area contributed by atoms with Crippen LogP contribution in [0.4, 0.5) is 4.39 Å². The topological polar surface area (TPSA) is 101 Å². The van der Waals surface area contributed by atoms with Crippen molar-refractivity contribution in [2.45, 2.75) is 70.0 Å². The summed E-state index contributed by atoms with van der Waals surface area (Å²) in [6.07, 6.45) is 2.88. The molecule has 8 atom stereocenters. The maximum atomic E-state index is 14.8. The third-order valence-electron chi connectivity index (χ3n) is 9.15. The number of alkyl halides is 1. The molecule has 0 aromatic heterocycles. The predicted molar refractivity (Wildman–Crippen MR) is 114 cm³/mol. The summed E-state index contributed by atoms with van der Waals surface area (Å²) in [4.78, 5) is 35.0. The summed E-state index contributed by atoms with van der Waals surface area (Å²) in [5, 5.41) is 23.2. The SMILES string of the molecule is CC(=O)OCC(=O)[C@@]1(O)C(C)C[C@H]2[C@@H]3CCC4=C(F)C(=O)C=C[C@]4(C)[C@@]3(Cl)C(O)C[C@@]21C. The van der Waals surface area contributed by atoms with Gasteiger partial charge in [0.25, 0.3) is 0 Å². The summed E-state index contributed by atoms with van der Waals surface area (Å²) in [6, 6.07) is 0. The van der Waals surface area contributed by atoms with E-state index in [9.17, 15) is 29.0 Å². The summed E-state index contributed by atoms with van der Waals surface area (Å²) in [6.45, 7) is 5.99. The van der Waals surface area contributed by atoms with Gasteiger partial charge in [0.2, 0.25) is 11.6 Å². The lowest BCUT2D eigenvalue weighted by molar-refractivity contribution is -0.182. The molecule has 4 rings (SSSR count). The van der Waals surface area contributed by atoms with E-state index in [1.54, 1.807) is 26.8 Å². The fourth-order valence-electron chi connectivity index (χ4n) is 7.50. The molecule has 32 heavy (non-hydrogen) atoms. The van der Waals surface area contributed by atoms with Crippen molar-refractivity contribution in [1.29, 1.82) is 0 Å². The van der Waals surface area contributed by atoms with Crippen molar-refractivity contribution in [2.24, 2.45) is 28.6 Å². The van der Waals surface area contributed by atoms with Crippen LogP contribution < -0.4 is 0 Å². The molecule has 0 aliphatic heterocycles. The molecule has 2 unspecified atom stereocenters. The van der Waals surface area contributed by atoms with Crippen LogP contribution in [0, 0.1) is 28.6 Å². The van der Waals surface area contributed by atoms with Crippen molar-refractivity contribution in [3.05, 3.63) is 23.6 Å². The third kappa shape index (κ3) is 2.67. The van der Waals surface area contributed by atoms with Gasteiger partial charge in [-0.2, -0.15) is 0 Å². The van der Waals surface area contributed by atoms with E-state index in [0.29, 0.717) is 24.8 Å². The van der Waals surface area contributed by atoms with Gasteiger partial charge in [0, 0.05) is 17.8 Å². The number of ether oxygens (including phenoxy) is 1. The number of halogens is 2. The molecule has 0 spiro atoms. The first kappa shape index (κ1) is 23.6. The number of fused-ring (bicyclic) bond motifs is 5. The number of hydrogen-bond donors (Lipinski definition) is 2. The molecule has 8 heteroatoms. The second-order valence-corrected chi connectivity index (χ2v) is 11.1. The highest BCUT2D eigenvalue weighted by Crippen LogP contribution is 2.71. The summed E-state index contributed by atoms with van der Waals surface area (Å²) in [5.41, 5.74) is -3.56. The Morgan fingerprint density at radius 3 is 2.59 bits per heavy atom. The molecule has 2 N–H and O–H groups in total. The van der Waals surface area contributed by atoms with E-state index in [4.69, 9.17) is 16.3 Å². The zero-order valence-electron chi connectivity index (χ0n) is 18.8. The van der Waals surface area contributed by atoms with Gasteiger partial charge >= 0.3 is 5.97 Å². The molecule has 4 aliphatic carbocycles. The fourth-order valence-corrected chi connectivity index (χ4v) is 8.01. The lowest BCUT2D eigenvalue weighted by Gasteiger charge is -2.63. The highest BCUT2D eigenvalue weighted by atomic mass is 35.5. The molecule has 176 valence electrons. The van der Waals surface area contributed by atoms with Crippen molar-refractivity contribution >= 4 is 29.1 Å². The van der Waals surface area contributed by atoms with Crippen molar-refractivity contribution in [3.8, 4) is 0 Å². The lowest BCUT2D eigenvalue weighted by atomic mass is 9.45. The number of esters is 1. The number of aliphatic hydroxyl groups excluding tert-OH is 1. The maximum absolute atomic E-state index is 14.8. The van der Waals surface area contributed by atoms with Crippen molar-refractivity contribution in [1.82, 2.24) is 0 Å². The maximum Gasteiger partial charge on any atom is 0.303 e. The van der Waals surface area contributed by atoms with Crippen LogP contribution in [0.5, 0.6) is 0 Å². The van der Waals surface area contributed by atoms with Crippen LogP contribution in [0.2, 0.25) is 0 Å². The Morgan fingerprint density at radius 2 is 1.97 bits per heavy atom. The molecule has 3 saturated carbocycles. The minimum atomic E-state index is -1.80. The number of Topliss-reactive ketones (excluding diaryl/α,β-unsaturated/α-hetero) is 1. The molecule has 0 amide bonds. The van der Waals surface area contributed by atoms with Gasteiger partial charge in [-0.25, -0.2) is 4.39 Å². The molecule has 0 heterocycles. The Balaban J connectivity index is 1.78. The summed E-state index contributed by atoms with van der Waals surface area (Å²) in [5.74, 6) is -3.69. The van der Waals surface area contributed by atoms with Gasteiger partial charge in [0.1, 0.15) is 5.60 Å². The van der Waals surface area contributed by atoms with E-state index in [-0.39, 0.29) is 18.3 Å². The number of aliphatic hydroxyl groups is 2. The Morgan fingerprint density at radius 1 is 1.31 bits per heavy atom. The van der Waals surface area contributed by atoms with Crippen LogP contribution >= 0.6 is 11.6 Å². The number of hydrogen-bond acceptors (Lipinski definition) is 6. The number of carbonyl (C=O) groups is 3. The smallest absolute Gasteiger partial charge is 0.303 e. The van der Waals surface area contributed by atoms with Crippen molar-refractivity contribution in [3.63, 3.8) is 0 Å². The molecule has 0 radical (unpaired) electrons. The van der Waals surface area contributed by atoms with Crippen LogP contribution in [-0.2, 0) is 19.1 Å². The van der Waals surface area contributed by atoms with Crippen molar-refractivity contribution in [2.75, 3.05) is 6.61 Å². The van der Waals surface area contributed by atoms with Crippen LogP contribution in [0.3, 0.4) is 0 Å². The van der Waals surface area contributed by atoms with E-state index in [0.717, 1.165) is 0 Å². The second kappa shape index (κ2) is 7.21. The predicted octanol–water partition coefficient (Wildman–Crippen LogP) is 3.03. The quantitative estimate of drug-likeness (QED) is 0.487. The Kier molecular flexibility index (Phi) is 5.32. The van der Waals surface area contributed by atoms with Gasteiger partial charge in [-0.3, -0.25) is 14.4 Å². The lowest BCUT2D eigenvalue weighted by Crippen LogP contribution is -2.69.